The number of hydrogen-bond donors (Lipinski definition) is 0. The van der Waals surface area contributed by atoms with Crippen molar-refractivity contribution in [1.82, 2.24) is 18.3 Å². The summed E-state index contributed by atoms with van der Waals surface area (Å²) in [5.41, 5.74) is 4.62. The molecule has 19 rings (SSSR count). The molecular weight excluding hydrogens is 1340 g/mol. The summed E-state index contributed by atoms with van der Waals surface area (Å²) in [7, 11) is 0. The lowest BCUT2D eigenvalue weighted by molar-refractivity contribution is 0.792. The molecule has 4 heterocycles. The molecule has 4 aromatic heterocycles. The van der Waals surface area contributed by atoms with Crippen LogP contribution in [-0.4, -0.2) is 18.3 Å². The van der Waals surface area contributed by atoms with Crippen LogP contribution in [0.1, 0.15) is 203 Å². The highest BCUT2D eigenvalue weighted by Crippen LogP contribution is 2.55. The van der Waals surface area contributed by atoms with Crippen LogP contribution < -0.4 is 44.5 Å². The van der Waals surface area contributed by atoms with E-state index in [4.69, 9.17) is 0 Å². The van der Waals surface area contributed by atoms with Gasteiger partial charge < -0.3 is 0 Å². The van der Waals surface area contributed by atoms with E-state index in [-0.39, 0.29) is 68.9 Å². The first-order chi connectivity index (χ1) is 51.7. The smallest absolute Gasteiger partial charge is 0.266 e. The van der Waals surface area contributed by atoms with Crippen LogP contribution in [0.15, 0.2) is 184 Å². The minimum atomic E-state index is -0.539. The summed E-state index contributed by atoms with van der Waals surface area (Å²) in [6.45, 7) is 33.0. The fraction of sp³-hybridized carbons (Fsp3) is 0.250. The third-order valence-corrected chi connectivity index (χ3v) is 24.5. The Bertz CT molecular complexity index is 6740. The first kappa shape index (κ1) is 66.9. The number of pyridine rings is 4. The maximum Gasteiger partial charge on any atom is 0.266 e. The molecule has 0 fully saturated rings. The number of benzene rings is 14. The van der Waals surface area contributed by atoms with Gasteiger partial charge in [0.25, 0.3) is 44.5 Å². The van der Waals surface area contributed by atoms with E-state index in [1.807, 2.05) is 146 Å². The van der Waals surface area contributed by atoms with Crippen molar-refractivity contribution >= 4 is 151 Å². The van der Waals surface area contributed by atoms with Crippen LogP contribution in [0.5, 0.6) is 0 Å². The highest BCUT2D eigenvalue weighted by molar-refractivity contribution is 6.53. The summed E-state index contributed by atoms with van der Waals surface area (Å²) in [6, 6.07) is 46.5. The summed E-state index contributed by atoms with van der Waals surface area (Å²) in [6.07, 6.45) is 0. The molecule has 0 saturated carbocycles. The topological polar surface area (TPSA) is 156 Å². The molecule has 0 N–H and O–H groups in total. The summed E-state index contributed by atoms with van der Waals surface area (Å²) in [4.78, 5) is 133. The molecule has 0 saturated heterocycles. The normalized spacial score (nSPS) is 13.0. The van der Waals surface area contributed by atoms with Crippen molar-refractivity contribution in [3.63, 3.8) is 0 Å². The van der Waals surface area contributed by atoms with Crippen molar-refractivity contribution < 1.29 is 0 Å². The van der Waals surface area contributed by atoms with E-state index in [9.17, 15) is 0 Å². The van der Waals surface area contributed by atoms with Gasteiger partial charge in [0, 0.05) is 64.6 Å². The Balaban J connectivity index is 1.17. The van der Waals surface area contributed by atoms with Crippen molar-refractivity contribution in [2.45, 2.75) is 158 Å². The molecule has 532 valence electrons. The molecule has 0 bridgehead atoms. The Morgan fingerprint density at radius 3 is 0.463 bits per heavy atom. The number of fused-ring (bicyclic) bond motifs is 4. The van der Waals surface area contributed by atoms with Crippen LogP contribution in [0.25, 0.3) is 174 Å². The lowest BCUT2D eigenvalue weighted by Crippen LogP contribution is -2.34. The van der Waals surface area contributed by atoms with E-state index in [0.29, 0.717) is 152 Å². The Hall–Kier alpha value is -11.8. The van der Waals surface area contributed by atoms with Gasteiger partial charge in [-0.1, -0.05) is 208 Å². The Kier molecular flexibility index (Phi) is 14.2. The maximum absolute atomic E-state index is 16.9. The molecule has 12 heteroatoms. The van der Waals surface area contributed by atoms with Crippen LogP contribution in [0.4, 0.5) is 0 Å². The number of rotatable bonds is 12. The lowest BCUT2D eigenvalue weighted by Gasteiger charge is -2.26. The number of para-hydroxylation sites is 4. The SMILES string of the molecule is CC(C)c1cccc(C(C)C)c1-n1c(=O)c2ccc3c4ccc5c(=O)n(-c6c(C(C)C)cccc6C(C)C)c(=O)c6cc7c8cc9c(=O)n(-c%10c(C(C)C)cccc%10C(C)C)c(=O)c%10ccc%11c%12ccc%13c(=O)n(-c%14c(C(C)C)cccc%14C(C)C)c(=O)c%14cc(c%15cc(c1=O)c2c3c%15c7c4c56)c(c%12c%13%14)c8c%11c%109. The highest BCUT2D eigenvalue weighted by atomic mass is 16.2. The van der Waals surface area contributed by atoms with Crippen LogP contribution >= 0.6 is 0 Å². The Morgan fingerprint density at radius 2 is 0.306 bits per heavy atom. The second-order valence-corrected chi connectivity index (χ2v) is 33.2. The molecule has 108 heavy (non-hydrogen) atoms. The van der Waals surface area contributed by atoms with E-state index in [0.717, 1.165) is 44.5 Å². The molecule has 12 nitrogen and oxygen atoms in total. The van der Waals surface area contributed by atoms with Crippen molar-refractivity contribution in [3.8, 4) is 22.7 Å². The average Bonchev–Trinajstić information content (AvgIpc) is 0.656. The summed E-state index contributed by atoms with van der Waals surface area (Å²) in [5, 5.41) is 13.2. The minimum absolute atomic E-state index is 0.104. The van der Waals surface area contributed by atoms with Gasteiger partial charge in [-0.05, 0) is 227 Å². The monoisotopic (exact) mass is 1420 g/mol. The van der Waals surface area contributed by atoms with Crippen LogP contribution in [0.3, 0.4) is 0 Å². The maximum atomic E-state index is 16.9. The molecule has 0 spiro atoms. The molecular formula is C96H80N4O8. The third kappa shape index (κ3) is 8.40. The zero-order valence-corrected chi connectivity index (χ0v) is 63.5. The molecule has 19 aromatic rings. The molecule has 0 atom stereocenters. The van der Waals surface area contributed by atoms with Crippen LogP contribution in [0.2, 0.25) is 0 Å². The van der Waals surface area contributed by atoms with Gasteiger partial charge >= 0.3 is 0 Å². The summed E-state index contributed by atoms with van der Waals surface area (Å²) >= 11 is 0. The zero-order chi connectivity index (χ0) is 75.6. The van der Waals surface area contributed by atoms with E-state index >= 15 is 38.4 Å². The summed E-state index contributed by atoms with van der Waals surface area (Å²) < 4.78 is 5.50. The fourth-order valence-electron chi connectivity index (χ4n) is 19.7. The van der Waals surface area contributed by atoms with Gasteiger partial charge in [0.1, 0.15) is 0 Å². The second-order valence-electron chi connectivity index (χ2n) is 33.2. The Labute approximate surface area is 619 Å². The Morgan fingerprint density at radius 1 is 0.167 bits per heavy atom. The van der Waals surface area contributed by atoms with E-state index in [1.165, 1.54) is 18.3 Å². The first-order valence-electron chi connectivity index (χ1n) is 38.3. The predicted octanol–water partition coefficient (Wildman–Crippen LogP) is 20.9. The summed E-state index contributed by atoms with van der Waals surface area (Å²) in [5.74, 6) is -0.832. The van der Waals surface area contributed by atoms with Gasteiger partial charge in [0.05, 0.1) is 22.7 Å². The molecule has 15 aromatic carbocycles. The number of aromatic nitrogens is 4. The van der Waals surface area contributed by atoms with Crippen LogP contribution in [0, 0.1) is 0 Å². The van der Waals surface area contributed by atoms with E-state index in [2.05, 4.69) is 111 Å². The van der Waals surface area contributed by atoms with Gasteiger partial charge in [-0.15, -0.1) is 0 Å². The molecule has 0 aliphatic heterocycles. The molecule has 0 unspecified atom stereocenters. The predicted molar refractivity (Wildman–Crippen MR) is 450 cm³/mol. The standard InChI is InChI=1S/C96H80N4O8/c1-41(2)49-21-17-22-50(42(3)4)85(49)97-89(101)61-33-29-57-58-30-34-62-75-71(95(107)99(90(62)102)87-53(45(9)10)25-19-26-54(87)46(11)12)39-67-68-40-72-76-64(92(104)100(96(72)108)88-55(47(13)14)27-20-28-56(88)48(15)16)36-32-60-59-31-35-63-74-70(94(106)98(91(63)103)86-51(43(5)6)23-18-24-52(86)44(7)8)38-66(82(79(59)74)84(68)80(60)76)65-37-69(93(97)105)73(61)77(57)81(65)83(67)78(58)75/h17-48H,1-16H3. The lowest BCUT2D eigenvalue weighted by atomic mass is 9.78. The van der Waals surface area contributed by atoms with Gasteiger partial charge in [-0.3, -0.25) is 38.4 Å². The molecule has 0 aliphatic rings. The molecule has 0 aliphatic carbocycles. The van der Waals surface area contributed by atoms with E-state index in [1.54, 1.807) is 0 Å². The third-order valence-electron chi connectivity index (χ3n) is 24.5. The largest absolute Gasteiger partial charge is 0.268 e. The minimum Gasteiger partial charge on any atom is -0.268 e. The molecule has 0 amide bonds. The van der Waals surface area contributed by atoms with E-state index < -0.39 is 44.5 Å². The van der Waals surface area contributed by atoms with Crippen LogP contribution in [-0.2, 0) is 0 Å². The zero-order valence-electron chi connectivity index (χ0n) is 63.5. The van der Waals surface area contributed by atoms with Gasteiger partial charge in [0.15, 0.2) is 0 Å². The quantitative estimate of drug-likeness (QED) is 0.0864. The van der Waals surface area contributed by atoms with Crippen molar-refractivity contribution in [2.24, 2.45) is 0 Å². The van der Waals surface area contributed by atoms with Gasteiger partial charge in [-0.2, -0.15) is 0 Å². The highest BCUT2D eigenvalue weighted by Gasteiger charge is 2.35. The first-order valence-corrected chi connectivity index (χ1v) is 38.3. The fourth-order valence-corrected chi connectivity index (χ4v) is 19.7. The second kappa shape index (κ2) is 22.9. The van der Waals surface area contributed by atoms with Crippen molar-refractivity contribution in [3.05, 3.63) is 273 Å². The average molecular weight is 1420 g/mol. The van der Waals surface area contributed by atoms with Crippen molar-refractivity contribution in [1.29, 1.82) is 0 Å². The van der Waals surface area contributed by atoms with Gasteiger partial charge in [-0.25, -0.2) is 18.3 Å². The van der Waals surface area contributed by atoms with Gasteiger partial charge in [0.2, 0.25) is 0 Å². The molecule has 0 radical (unpaired) electrons. The number of hydrogen-bond acceptors (Lipinski definition) is 8. The number of nitrogens with zero attached hydrogens (tertiary/aromatic N) is 4. The van der Waals surface area contributed by atoms with Crippen molar-refractivity contribution in [2.75, 3.05) is 0 Å².